The molecule has 0 aliphatic rings. The highest BCUT2D eigenvalue weighted by Crippen LogP contribution is 2.17. The second kappa shape index (κ2) is 4.85. The van der Waals surface area contributed by atoms with Crippen molar-refractivity contribution in [3.63, 3.8) is 0 Å². The number of nitrogens with zero attached hydrogens (tertiary/aromatic N) is 1. The summed E-state index contributed by atoms with van der Waals surface area (Å²) < 4.78 is 0.906. The number of halogens is 2. The first-order chi connectivity index (χ1) is 5.49. The van der Waals surface area contributed by atoms with Crippen LogP contribution in [-0.4, -0.2) is 25.6 Å². The molecule has 0 atom stereocenters. The fraction of sp³-hybridized carbons (Fsp3) is 0.400. The zero-order chi connectivity index (χ0) is 9.19. The van der Waals surface area contributed by atoms with Gasteiger partial charge in [0.05, 0.1) is 21.1 Å². The molecule has 74 valence electrons. The topological polar surface area (TPSA) is 0 Å². The molecule has 1 nitrogen and oxygen atoms in total. The molecule has 0 aliphatic heterocycles. The number of hydrogen-bond acceptors (Lipinski definition) is 0. The van der Waals surface area contributed by atoms with Crippen molar-refractivity contribution < 1.29 is 16.9 Å². The first-order valence-corrected chi connectivity index (χ1v) is 4.41. The molecule has 0 N–H and O–H groups in total. The van der Waals surface area contributed by atoms with Crippen LogP contribution in [0.3, 0.4) is 0 Å². The van der Waals surface area contributed by atoms with Gasteiger partial charge in [-0.25, -0.2) is 0 Å². The van der Waals surface area contributed by atoms with E-state index >= 15 is 0 Å². The van der Waals surface area contributed by atoms with Crippen molar-refractivity contribution >= 4 is 11.6 Å². The third-order valence-electron chi connectivity index (χ3n) is 1.60. The fourth-order valence-corrected chi connectivity index (χ4v) is 1.33. The van der Waals surface area contributed by atoms with Gasteiger partial charge in [-0.2, -0.15) is 0 Å². The molecule has 0 saturated carbocycles. The van der Waals surface area contributed by atoms with Crippen LogP contribution < -0.4 is 12.4 Å². The molecule has 3 heteroatoms. The molecule has 0 spiro atoms. The minimum absolute atomic E-state index is 0. The maximum atomic E-state index is 6.02. The summed E-state index contributed by atoms with van der Waals surface area (Å²) in [7, 11) is 6.47. The number of hydrogen-bond donors (Lipinski definition) is 0. The molecule has 0 saturated heterocycles. The van der Waals surface area contributed by atoms with E-state index in [4.69, 9.17) is 11.6 Å². The van der Waals surface area contributed by atoms with Crippen LogP contribution >= 0.6 is 11.6 Å². The Hall–Kier alpha value is -0.240. The number of quaternary nitrogens is 1. The first kappa shape index (κ1) is 12.8. The average Bonchev–Trinajstić information content (AvgIpc) is 1.91. The van der Waals surface area contributed by atoms with Gasteiger partial charge in [0.2, 0.25) is 0 Å². The minimum Gasteiger partial charge on any atom is -1.00 e. The lowest BCUT2D eigenvalue weighted by molar-refractivity contribution is -0.883. The molecule has 0 fully saturated rings. The van der Waals surface area contributed by atoms with E-state index in [0.717, 1.165) is 16.1 Å². The molecular formula is C10H15Cl2N. The highest BCUT2D eigenvalue weighted by molar-refractivity contribution is 6.31. The van der Waals surface area contributed by atoms with Gasteiger partial charge < -0.3 is 16.9 Å². The Labute approximate surface area is 91.3 Å². The largest absolute Gasteiger partial charge is 1.00 e. The minimum atomic E-state index is 0. The summed E-state index contributed by atoms with van der Waals surface area (Å²) in [6.07, 6.45) is 0. The smallest absolute Gasteiger partial charge is 0.105 e. The van der Waals surface area contributed by atoms with Gasteiger partial charge in [0, 0.05) is 10.6 Å². The van der Waals surface area contributed by atoms with Crippen LogP contribution in [-0.2, 0) is 6.54 Å². The lowest BCUT2D eigenvalue weighted by Gasteiger charge is -2.24. The van der Waals surface area contributed by atoms with E-state index in [0.29, 0.717) is 0 Å². The monoisotopic (exact) mass is 219 g/mol. The van der Waals surface area contributed by atoms with E-state index in [2.05, 4.69) is 27.2 Å². The molecule has 0 heterocycles. The molecule has 0 radical (unpaired) electrons. The van der Waals surface area contributed by atoms with Crippen LogP contribution in [0.4, 0.5) is 0 Å². The van der Waals surface area contributed by atoms with Gasteiger partial charge in [-0.05, 0) is 6.07 Å². The van der Waals surface area contributed by atoms with E-state index < -0.39 is 0 Å². The van der Waals surface area contributed by atoms with Crippen molar-refractivity contribution in [2.24, 2.45) is 0 Å². The summed E-state index contributed by atoms with van der Waals surface area (Å²) in [6, 6.07) is 8.00. The SMILES string of the molecule is C[N+](C)(C)Cc1ccccc1Cl.[Cl-]. The second-order valence-electron chi connectivity index (χ2n) is 4.04. The zero-order valence-electron chi connectivity index (χ0n) is 8.22. The Morgan fingerprint density at radius 1 is 1.15 bits per heavy atom. The van der Waals surface area contributed by atoms with E-state index in [1.807, 2.05) is 18.2 Å². The molecule has 0 amide bonds. The van der Waals surface area contributed by atoms with Crippen molar-refractivity contribution in [1.29, 1.82) is 0 Å². The van der Waals surface area contributed by atoms with E-state index in [1.165, 1.54) is 5.56 Å². The van der Waals surface area contributed by atoms with Crippen LogP contribution in [0, 0.1) is 0 Å². The number of benzene rings is 1. The summed E-state index contributed by atoms with van der Waals surface area (Å²) in [5, 5.41) is 0.866. The lowest BCUT2D eigenvalue weighted by Crippen LogP contribution is -3.00. The van der Waals surface area contributed by atoms with Crippen LogP contribution in [0.1, 0.15) is 5.56 Å². The van der Waals surface area contributed by atoms with Gasteiger partial charge in [-0.15, -0.1) is 0 Å². The summed E-state index contributed by atoms with van der Waals surface area (Å²) in [4.78, 5) is 0. The van der Waals surface area contributed by atoms with Crippen LogP contribution in [0.25, 0.3) is 0 Å². The Bertz CT molecular complexity index is 266. The molecule has 0 aliphatic carbocycles. The van der Waals surface area contributed by atoms with Crippen molar-refractivity contribution in [3.05, 3.63) is 34.9 Å². The van der Waals surface area contributed by atoms with Crippen LogP contribution in [0.5, 0.6) is 0 Å². The fourth-order valence-electron chi connectivity index (χ4n) is 1.14. The van der Waals surface area contributed by atoms with E-state index in [1.54, 1.807) is 0 Å². The molecule has 1 aromatic carbocycles. The van der Waals surface area contributed by atoms with Crippen molar-refractivity contribution in [1.82, 2.24) is 0 Å². The van der Waals surface area contributed by atoms with Gasteiger partial charge in [-0.3, -0.25) is 0 Å². The molecule has 1 aromatic rings. The van der Waals surface area contributed by atoms with Gasteiger partial charge >= 0.3 is 0 Å². The third kappa shape index (κ3) is 4.51. The Morgan fingerprint density at radius 3 is 2.15 bits per heavy atom. The first-order valence-electron chi connectivity index (χ1n) is 4.03. The Balaban J connectivity index is 0.00000144. The summed E-state index contributed by atoms with van der Waals surface area (Å²) in [6.45, 7) is 0.972. The van der Waals surface area contributed by atoms with Gasteiger partial charge in [0.1, 0.15) is 6.54 Å². The maximum Gasteiger partial charge on any atom is 0.105 e. The highest BCUT2D eigenvalue weighted by atomic mass is 35.5. The molecule has 0 aromatic heterocycles. The average molecular weight is 220 g/mol. The predicted molar refractivity (Wildman–Crippen MR) is 53.2 cm³/mol. The Kier molecular flexibility index (Phi) is 4.76. The van der Waals surface area contributed by atoms with Crippen molar-refractivity contribution in [2.75, 3.05) is 21.1 Å². The van der Waals surface area contributed by atoms with Crippen molar-refractivity contribution in [3.8, 4) is 0 Å². The van der Waals surface area contributed by atoms with Crippen LogP contribution in [0.2, 0.25) is 5.02 Å². The summed E-state index contributed by atoms with van der Waals surface area (Å²) >= 11 is 6.02. The van der Waals surface area contributed by atoms with Gasteiger partial charge in [0.15, 0.2) is 0 Å². The predicted octanol–water partition coefficient (Wildman–Crippen LogP) is -0.450. The van der Waals surface area contributed by atoms with Gasteiger partial charge in [-0.1, -0.05) is 29.8 Å². The summed E-state index contributed by atoms with van der Waals surface area (Å²) in [5.74, 6) is 0. The highest BCUT2D eigenvalue weighted by Gasteiger charge is 2.10. The molecular weight excluding hydrogens is 205 g/mol. The zero-order valence-corrected chi connectivity index (χ0v) is 9.73. The standard InChI is InChI=1S/C10H15ClN.ClH/c1-12(2,3)8-9-6-4-5-7-10(9)11;/h4-7H,8H2,1-3H3;1H/q+1;/p-1. The van der Waals surface area contributed by atoms with Crippen LogP contribution in [0.15, 0.2) is 24.3 Å². The third-order valence-corrected chi connectivity index (χ3v) is 1.97. The summed E-state index contributed by atoms with van der Waals surface area (Å²) in [5.41, 5.74) is 1.21. The maximum absolute atomic E-state index is 6.02. The molecule has 1 rings (SSSR count). The molecule has 0 bridgehead atoms. The second-order valence-corrected chi connectivity index (χ2v) is 4.45. The number of rotatable bonds is 2. The quantitative estimate of drug-likeness (QED) is 0.592. The van der Waals surface area contributed by atoms with Crippen molar-refractivity contribution in [2.45, 2.75) is 6.54 Å². The molecule has 13 heavy (non-hydrogen) atoms. The lowest BCUT2D eigenvalue weighted by atomic mass is 10.2. The van der Waals surface area contributed by atoms with Gasteiger partial charge in [0.25, 0.3) is 0 Å². The van der Waals surface area contributed by atoms with E-state index in [9.17, 15) is 0 Å². The Morgan fingerprint density at radius 2 is 1.69 bits per heavy atom. The van der Waals surface area contributed by atoms with E-state index in [-0.39, 0.29) is 12.4 Å². The molecule has 0 unspecified atom stereocenters. The normalized spacial score (nSPS) is 10.8.